The molecule has 0 radical (unpaired) electrons. The van der Waals surface area contributed by atoms with Gasteiger partial charge in [-0.2, -0.15) is 5.26 Å². The lowest BCUT2D eigenvalue weighted by Crippen LogP contribution is -2.62. The molecule has 0 saturated heterocycles. The molecule has 4 aliphatic carbocycles. The highest BCUT2D eigenvalue weighted by Gasteiger charge is 2.68. The Balaban J connectivity index is 1.21. The number of rotatable bonds is 8. The van der Waals surface area contributed by atoms with Crippen LogP contribution in [0, 0.1) is 62.6 Å². The maximum absolute atomic E-state index is 15.0. The van der Waals surface area contributed by atoms with Gasteiger partial charge in [-0.05, 0) is 120 Å². The predicted octanol–water partition coefficient (Wildman–Crippen LogP) is 9.89. The third-order valence-electron chi connectivity index (χ3n) is 16.1. The van der Waals surface area contributed by atoms with Gasteiger partial charge in [0, 0.05) is 18.8 Å². The van der Waals surface area contributed by atoms with Crippen molar-refractivity contribution in [2.24, 2.45) is 51.2 Å². The molecule has 5 heteroatoms. The van der Waals surface area contributed by atoms with Crippen molar-refractivity contribution in [2.75, 3.05) is 0 Å². The van der Waals surface area contributed by atoms with Gasteiger partial charge in [0.05, 0.1) is 0 Å². The third-order valence-corrected chi connectivity index (χ3v) is 20.3. The second-order valence-corrected chi connectivity index (χ2v) is 21.9. The van der Waals surface area contributed by atoms with Gasteiger partial charge in [-0.1, -0.05) is 133 Å². The van der Waals surface area contributed by atoms with E-state index in [4.69, 9.17) is 4.74 Å². The second-order valence-electron chi connectivity index (χ2n) is 18.6. The van der Waals surface area contributed by atoms with Crippen LogP contribution >= 0.6 is 6.89 Å². The average Bonchev–Trinajstić information content (AvgIpc) is 3.43. The van der Waals surface area contributed by atoms with E-state index < -0.39 is 6.89 Å². The number of hydrogen-bond donors (Lipinski definition) is 0. The number of hydrogen-bond acceptors (Lipinski definition) is 4. The Morgan fingerprint density at radius 1 is 0.736 bits per heavy atom. The first-order chi connectivity index (χ1) is 25.2. The molecule has 9 atom stereocenters. The SMILES string of the molecule is CC(=O)O[C@H]1CC[C@]2(C)C3CC[C@]4(C)[C@@H]([C@H](C)CC(=O)C(C#N)=P(c5ccccc5)(c5ccccc5)c5ccccc5)CC[C@@]4(C)C3CCC2C1(C)C. The number of carbonyl (C=O) groups excluding carboxylic acids is 2. The fraction of sp³-hybridized carbons (Fsp3) is 0.542. The van der Waals surface area contributed by atoms with Gasteiger partial charge in [-0.25, -0.2) is 0 Å². The van der Waals surface area contributed by atoms with E-state index in [1.165, 1.54) is 32.1 Å². The van der Waals surface area contributed by atoms with E-state index in [0.717, 1.165) is 35.2 Å². The summed E-state index contributed by atoms with van der Waals surface area (Å²) < 4.78 is 5.95. The highest BCUT2D eigenvalue weighted by atomic mass is 31.2. The number of Topliss-reactive ketones (excluding diaryl/α,β-unsaturated/α-hetero) is 1. The maximum Gasteiger partial charge on any atom is 0.302 e. The lowest BCUT2D eigenvalue weighted by Gasteiger charge is -2.67. The van der Waals surface area contributed by atoms with Crippen molar-refractivity contribution in [1.29, 1.82) is 5.26 Å². The molecular formula is C48H60NO3P. The summed E-state index contributed by atoms with van der Waals surface area (Å²) in [7, 11) is 0. The smallest absolute Gasteiger partial charge is 0.302 e. The summed E-state index contributed by atoms with van der Waals surface area (Å²) in [5.74, 6) is 2.32. The summed E-state index contributed by atoms with van der Waals surface area (Å²) in [6.45, 7) is 13.6. The molecule has 4 aliphatic rings. The van der Waals surface area contributed by atoms with Gasteiger partial charge >= 0.3 is 5.97 Å². The summed E-state index contributed by atoms with van der Waals surface area (Å²) in [4.78, 5) is 27.0. The van der Waals surface area contributed by atoms with Crippen molar-refractivity contribution in [3.63, 3.8) is 0 Å². The largest absolute Gasteiger partial charge is 0.462 e. The standard InChI is InChI=1S/C48H60NO3P/c1-33(31-41(51)42(32-49)53(35-17-11-8-12-18-35,36-19-13-9-14-20-36)37-21-15-10-16-22-37)38-25-29-48(7)40-23-24-43-45(3,4)44(52-34(2)50)27-28-46(43,5)39(40)26-30-47(38,48)6/h8-22,33,38-40,43-44H,23-31H2,1-7H3/t33-,38-,39?,40?,43?,44+,46-,47-,48+/m1/s1. The summed E-state index contributed by atoms with van der Waals surface area (Å²) in [5, 5.41) is 14.7. The van der Waals surface area contributed by atoms with Crippen LogP contribution in [-0.4, -0.2) is 23.2 Å². The van der Waals surface area contributed by atoms with E-state index in [1.807, 2.05) is 54.6 Å². The van der Waals surface area contributed by atoms with Crippen molar-refractivity contribution >= 4 is 39.8 Å². The molecule has 0 amide bonds. The van der Waals surface area contributed by atoms with E-state index in [2.05, 4.69) is 84.0 Å². The maximum atomic E-state index is 15.0. The van der Waals surface area contributed by atoms with E-state index in [9.17, 15) is 14.9 Å². The number of ether oxygens (including phenoxy) is 1. The Morgan fingerprint density at radius 3 is 1.77 bits per heavy atom. The number of carbonyl (C=O) groups is 2. The Hall–Kier alpha value is -3.41. The zero-order chi connectivity index (χ0) is 37.8. The van der Waals surface area contributed by atoms with Crippen LogP contribution in [0.5, 0.6) is 0 Å². The van der Waals surface area contributed by atoms with Gasteiger partial charge in [0.2, 0.25) is 0 Å². The van der Waals surface area contributed by atoms with Gasteiger partial charge in [0.15, 0.2) is 5.78 Å². The third kappa shape index (κ3) is 5.82. The van der Waals surface area contributed by atoms with Gasteiger partial charge in [-0.3, -0.25) is 9.59 Å². The van der Waals surface area contributed by atoms with Crippen LogP contribution in [-0.2, 0) is 14.3 Å². The number of fused-ring (bicyclic) bond motifs is 5. The molecule has 0 aliphatic heterocycles. The molecule has 280 valence electrons. The van der Waals surface area contributed by atoms with E-state index in [-0.39, 0.29) is 45.4 Å². The molecule has 7 rings (SSSR count). The van der Waals surface area contributed by atoms with Crippen LogP contribution in [0.15, 0.2) is 91.0 Å². The molecular weight excluding hydrogens is 670 g/mol. The van der Waals surface area contributed by atoms with Crippen molar-refractivity contribution in [1.82, 2.24) is 0 Å². The monoisotopic (exact) mass is 729 g/mol. The topological polar surface area (TPSA) is 67.2 Å². The lowest BCUT2D eigenvalue weighted by atomic mass is 9.38. The Morgan fingerprint density at radius 2 is 1.26 bits per heavy atom. The molecule has 0 bridgehead atoms. The molecule has 3 aromatic rings. The number of nitrogens with zero attached hydrogens (tertiary/aromatic N) is 1. The van der Waals surface area contributed by atoms with Crippen LogP contribution in [0.1, 0.15) is 106 Å². The minimum atomic E-state index is -2.75. The molecule has 4 saturated carbocycles. The van der Waals surface area contributed by atoms with Crippen LogP contribution < -0.4 is 15.9 Å². The predicted molar refractivity (Wildman–Crippen MR) is 219 cm³/mol. The number of esters is 1. The first-order valence-electron chi connectivity index (χ1n) is 20.3. The molecule has 0 N–H and O–H groups in total. The Kier molecular flexibility index (Phi) is 10.0. The molecule has 53 heavy (non-hydrogen) atoms. The molecule has 3 aromatic carbocycles. The Bertz CT molecular complexity index is 1830. The van der Waals surface area contributed by atoms with E-state index >= 15 is 0 Å². The summed E-state index contributed by atoms with van der Waals surface area (Å²) in [6, 6.07) is 33.5. The summed E-state index contributed by atoms with van der Waals surface area (Å²) in [5.41, 5.74) is 0.547. The van der Waals surface area contributed by atoms with Gasteiger partial charge in [-0.15, -0.1) is 0 Å². The number of nitriles is 1. The average molecular weight is 730 g/mol. The molecule has 4 fully saturated rings. The minimum Gasteiger partial charge on any atom is -0.462 e. The Labute approximate surface area is 319 Å². The fourth-order valence-corrected chi connectivity index (χ4v) is 17.6. The van der Waals surface area contributed by atoms with E-state index in [1.54, 1.807) is 6.92 Å². The molecule has 4 nitrogen and oxygen atoms in total. The van der Waals surface area contributed by atoms with Crippen LogP contribution in [0.4, 0.5) is 0 Å². The minimum absolute atomic E-state index is 0.00437. The van der Waals surface area contributed by atoms with Gasteiger partial charge < -0.3 is 4.74 Å². The fourth-order valence-electron chi connectivity index (χ4n) is 13.5. The van der Waals surface area contributed by atoms with Gasteiger partial charge in [0.25, 0.3) is 0 Å². The highest BCUT2D eigenvalue weighted by Crippen LogP contribution is 2.74. The van der Waals surface area contributed by atoms with Crippen molar-refractivity contribution < 1.29 is 14.3 Å². The van der Waals surface area contributed by atoms with Crippen LogP contribution in [0.3, 0.4) is 0 Å². The number of benzene rings is 3. The molecule has 0 spiro atoms. The van der Waals surface area contributed by atoms with Crippen molar-refractivity contribution in [2.45, 2.75) is 112 Å². The highest BCUT2D eigenvalue weighted by molar-refractivity contribution is 7.96. The first-order valence-corrected chi connectivity index (χ1v) is 22.1. The number of ketones is 1. The van der Waals surface area contributed by atoms with Crippen LogP contribution in [0.2, 0.25) is 0 Å². The lowest BCUT2D eigenvalue weighted by molar-refractivity contribution is -0.209. The van der Waals surface area contributed by atoms with Crippen molar-refractivity contribution in [3.05, 3.63) is 91.0 Å². The molecule has 3 unspecified atom stereocenters. The van der Waals surface area contributed by atoms with Crippen LogP contribution in [0.25, 0.3) is 0 Å². The van der Waals surface area contributed by atoms with Crippen molar-refractivity contribution in [3.8, 4) is 6.07 Å². The molecule has 0 heterocycles. The van der Waals surface area contributed by atoms with Gasteiger partial charge in [0.1, 0.15) is 17.5 Å². The summed E-state index contributed by atoms with van der Waals surface area (Å²) in [6.07, 6.45) is 9.67. The zero-order valence-corrected chi connectivity index (χ0v) is 34.0. The quantitative estimate of drug-likeness (QED) is 0.171. The second kappa shape index (κ2) is 14.0. The van der Waals surface area contributed by atoms with E-state index in [0.29, 0.717) is 35.4 Å². The molecule has 0 aromatic heterocycles. The normalized spacial score (nSPS) is 33.7. The summed E-state index contributed by atoms with van der Waals surface area (Å²) >= 11 is 0. The first kappa shape index (κ1) is 37.9. The zero-order valence-electron chi connectivity index (χ0n) is 33.1.